The van der Waals surface area contributed by atoms with Crippen LogP contribution in [0, 0.1) is 5.82 Å². The Morgan fingerprint density at radius 2 is 1.71 bits per heavy atom. The molecule has 1 atom stereocenters. The van der Waals surface area contributed by atoms with Crippen LogP contribution in [0.25, 0.3) is 0 Å². The molecule has 10 heteroatoms. The van der Waals surface area contributed by atoms with Gasteiger partial charge in [-0.25, -0.2) is 9.37 Å². The van der Waals surface area contributed by atoms with Crippen LogP contribution in [0.2, 0.25) is 0 Å². The molecule has 2 aromatic rings. The van der Waals surface area contributed by atoms with E-state index >= 15 is 0 Å². The van der Waals surface area contributed by atoms with Crippen molar-refractivity contribution in [3.05, 3.63) is 47.9 Å². The van der Waals surface area contributed by atoms with Crippen molar-refractivity contribution in [3.8, 4) is 0 Å². The number of β-amino-alcohol motifs (C(OH)–C–C–N with tert-alkyl or cyclic N) is 1. The third-order valence-corrected chi connectivity index (χ3v) is 6.44. The summed E-state index contributed by atoms with van der Waals surface area (Å²) in [4.78, 5) is 25.8. The van der Waals surface area contributed by atoms with E-state index in [1.807, 2.05) is 13.8 Å². The summed E-state index contributed by atoms with van der Waals surface area (Å²) in [6.45, 7) is 11.3. The number of aliphatic hydroxyl groups is 1. The summed E-state index contributed by atoms with van der Waals surface area (Å²) >= 11 is 0. The Morgan fingerprint density at radius 3 is 2.37 bits per heavy atom. The van der Waals surface area contributed by atoms with Crippen LogP contribution in [0.5, 0.6) is 0 Å². The van der Waals surface area contributed by atoms with Gasteiger partial charge in [-0.05, 0) is 38.1 Å². The van der Waals surface area contributed by atoms with Crippen LogP contribution in [-0.2, 0) is 11.3 Å². The van der Waals surface area contributed by atoms with Gasteiger partial charge in [0.05, 0.1) is 25.4 Å². The quantitative estimate of drug-likeness (QED) is 0.570. The topological polar surface area (TPSA) is 85.5 Å². The first-order valence-electron chi connectivity index (χ1n) is 12.4. The normalized spacial score (nSPS) is 18.9. The van der Waals surface area contributed by atoms with Crippen molar-refractivity contribution in [1.29, 1.82) is 0 Å². The number of aromatic nitrogens is 1. The number of ether oxygens (including phenoxy) is 1. The molecule has 1 N–H and O–H groups in total. The number of piperazine rings is 2. The summed E-state index contributed by atoms with van der Waals surface area (Å²) in [5.74, 6) is 0.163. The minimum atomic E-state index is -0.484. The second kappa shape index (κ2) is 11.9. The van der Waals surface area contributed by atoms with Crippen molar-refractivity contribution in [3.63, 3.8) is 0 Å². The second-order valence-corrected chi connectivity index (χ2v) is 9.49. The summed E-state index contributed by atoms with van der Waals surface area (Å²) in [6.07, 6.45) is 1.08. The minimum Gasteiger partial charge on any atom is -0.447 e. The number of carbonyl (C=O) groups is 1. The van der Waals surface area contributed by atoms with Gasteiger partial charge in [0, 0.05) is 64.6 Å². The fourth-order valence-electron chi connectivity index (χ4n) is 4.44. The highest BCUT2D eigenvalue weighted by atomic mass is 19.1. The zero-order chi connectivity index (χ0) is 24.8. The van der Waals surface area contributed by atoms with Gasteiger partial charge in [-0.2, -0.15) is 0 Å². The average Bonchev–Trinajstić information content (AvgIpc) is 3.32. The highest BCUT2D eigenvalue weighted by molar-refractivity contribution is 5.92. The Morgan fingerprint density at radius 1 is 1.06 bits per heavy atom. The number of nitrogens with zero attached hydrogens (tertiary/aromatic N) is 5. The number of aliphatic hydroxyl groups excluding tert-OH is 1. The Hall–Kier alpha value is -2.53. The van der Waals surface area contributed by atoms with Crippen LogP contribution in [0.1, 0.15) is 30.2 Å². The number of oxazole rings is 1. The van der Waals surface area contributed by atoms with Crippen molar-refractivity contribution in [2.24, 2.45) is 0 Å². The highest BCUT2D eigenvalue weighted by Gasteiger charge is 2.26. The molecular weight excluding hydrogens is 453 g/mol. The molecule has 0 aliphatic carbocycles. The fourth-order valence-corrected chi connectivity index (χ4v) is 4.44. The molecular formula is C25H36FN5O4. The van der Waals surface area contributed by atoms with Gasteiger partial charge in [-0.1, -0.05) is 0 Å². The lowest BCUT2D eigenvalue weighted by molar-refractivity contribution is -0.0151. The van der Waals surface area contributed by atoms with Gasteiger partial charge >= 0.3 is 0 Å². The molecule has 0 unspecified atom stereocenters. The molecule has 9 nitrogen and oxygen atoms in total. The van der Waals surface area contributed by atoms with E-state index in [1.54, 1.807) is 17.0 Å². The molecule has 4 rings (SSSR count). The zero-order valence-electron chi connectivity index (χ0n) is 20.6. The van der Waals surface area contributed by atoms with Crippen molar-refractivity contribution in [1.82, 2.24) is 19.7 Å². The van der Waals surface area contributed by atoms with Crippen molar-refractivity contribution in [2.45, 2.75) is 32.6 Å². The summed E-state index contributed by atoms with van der Waals surface area (Å²) in [5, 5.41) is 10.1. The smallest absolute Gasteiger partial charge is 0.275 e. The number of carbonyl (C=O) groups excluding carboxylic acids is 1. The van der Waals surface area contributed by atoms with Gasteiger partial charge in [-0.3, -0.25) is 14.6 Å². The lowest BCUT2D eigenvalue weighted by Crippen LogP contribution is -2.49. The molecule has 192 valence electrons. The van der Waals surface area contributed by atoms with E-state index in [1.165, 1.54) is 18.4 Å². The Kier molecular flexibility index (Phi) is 8.72. The van der Waals surface area contributed by atoms with Gasteiger partial charge in [0.2, 0.25) is 5.89 Å². The summed E-state index contributed by atoms with van der Waals surface area (Å²) in [6, 6.07) is 6.44. The summed E-state index contributed by atoms with van der Waals surface area (Å²) < 4.78 is 24.3. The monoisotopic (exact) mass is 489 g/mol. The third kappa shape index (κ3) is 7.23. The van der Waals surface area contributed by atoms with E-state index in [-0.39, 0.29) is 17.8 Å². The molecule has 3 heterocycles. The standard InChI is InChI=1S/C25H36FN5O4/c1-19(2)34-17-22(32)15-28-7-9-29(10-8-28)16-24-27-23(18-35-24)25(33)31-13-11-30(12-14-31)21-5-3-20(26)4-6-21/h3-6,18-19,22,32H,7-17H2,1-2H3/t22-/m0/s1. The first kappa shape index (κ1) is 25.6. The van der Waals surface area contributed by atoms with E-state index in [0.717, 1.165) is 31.9 Å². The maximum absolute atomic E-state index is 13.2. The zero-order valence-corrected chi connectivity index (χ0v) is 20.6. The first-order chi connectivity index (χ1) is 16.9. The van der Waals surface area contributed by atoms with Crippen LogP contribution in [0.3, 0.4) is 0 Å². The number of hydrogen-bond donors (Lipinski definition) is 1. The average molecular weight is 490 g/mol. The predicted octanol–water partition coefficient (Wildman–Crippen LogP) is 1.68. The number of benzene rings is 1. The van der Waals surface area contributed by atoms with E-state index < -0.39 is 6.10 Å². The van der Waals surface area contributed by atoms with Gasteiger partial charge < -0.3 is 24.1 Å². The molecule has 2 aliphatic rings. The van der Waals surface area contributed by atoms with Crippen molar-refractivity contribution >= 4 is 11.6 Å². The predicted molar refractivity (Wildman–Crippen MR) is 130 cm³/mol. The molecule has 0 saturated carbocycles. The Bertz CT molecular complexity index is 938. The van der Waals surface area contributed by atoms with E-state index in [4.69, 9.17) is 9.15 Å². The fraction of sp³-hybridized carbons (Fsp3) is 0.600. The van der Waals surface area contributed by atoms with Gasteiger partial charge in [-0.15, -0.1) is 0 Å². The molecule has 1 aromatic carbocycles. The molecule has 35 heavy (non-hydrogen) atoms. The molecule has 1 amide bonds. The number of anilines is 1. The van der Waals surface area contributed by atoms with Crippen LogP contribution in [0.15, 0.2) is 34.9 Å². The highest BCUT2D eigenvalue weighted by Crippen LogP contribution is 2.18. The Balaban J connectivity index is 1.20. The van der Waals surface area contributed by atoms with Crippen molar-refractivity contribution in [2.75, 3.05) is 70.4 Å². The number of rotatable bonds is 9. The number of amides is 1. The third-order valence-electron chi connectivity index (χ3n) is 6.44. The van der Waals surface area contributed by atoms with Crippen LogP contribution < -0.4 is 4.90 Å². The molecule has 0 spiro atoms. The molecule has 0 bridgehead atoms. The van der Waals surface area contributed by atoms with E-state index in [2.05, 4.69) is 19.7 Å². The maximum Gasteiger partial charge on any atom is 0.275 e. The number of hydrogen-bond acceptors (Lipinski definition) is 8. The molecule has 2 aliphatic heterocycles. The van der Waals surface area contributed by atoms with E-state index in [9.17, 15) is 14.3 Å². The van der Waals surface area contributed by atoms with Gasteiger partial charge in [0.25, 0.3) is 5.91 Å². The first-order valence-corrected chi connectivity index (χ1v) is 12.4. The van der Waals surface area contributed by atoms with E-state index in [0.29, 0.717) is 57.5 Å². The lowest BCUT2D eigenvalue weighted by Gasteiger charge is -2.35. The molecule has 2 fully saturated rings. The SMILES string of the molecule is CC(C)OC[C@@H](O)CN1CCN(Cc2nc(C(=O)N3CCN(c4ccc(F)cc4)CC3)co2)CC1. The summed E-state index contributed by atoms with van der Waals surface area (Å²) in [7, 11) is 0. The van der Waals surface area contributed by atoms with Crippen LogP contribution in [-0.4, -0.2) is 108 Å². The van der Waals surface area contributed by atoms with Crippen molar-refractivity contribution < 1.29 is 23.4 Å². The van der Waals surface area contributed by atoms with Gasteiger partial charge in [0.15, 0.2) is 5.69 Å². The minimum absolute atomic E-state index is 0.116. The lowest BCUT2D eigenvalue weighted by atomic mass is 10.2. The molecule has 2 saturated heterocycles. The largest absolute Gasteiger partial charge is 0.447 e. The maximum atomic E-state index is 13.2. The summed E-state index contributed by atoms with van der Waals surface area (Å²) in [5.41, 5.74) is 1.29. The Labute approximate surface area is 206 Å². The van der Waals surface area contributed by atoms with Crippen LogP contribution in [0.4, 0.5) is 10.1 Å². The second-order valence-electron chi connectivity index (χ2n) is 9.49. The van der Waals surface area contributed by atoms with Gasteiger partial charge in [0.1, 0.15) is 12.1 Å². The molecule has 0 radical (unpaired) electrons. The number of halogens is 1. The molecule has 1 aromatic heterocycles. The van der Waals surface area contributed by atoms with Crippen LogP contribution >= 0.6 is 0 Å².